The van der Waals surface area contributed by atoms with Gasteiger partial charge in [-0.15, -0.1) is 0 Å². The predicted octanol–water partition coefficient (Wildman–Crippen LogP) is 3.19. The summed E-state index contributed by atoms with van der Waals surface area (Å²) < 4.78 is 6.03. The number of pyridine rings is 1. The highest BCUT2D eigenvalue weighted by atomic mass is 79.9. The minimum absolute atomic E-state index is 0.230. The highest BCUT2D eigenvalue weighted by molar-refractivity contribution is 9.10. The lowest BCUT2D eigenvalue weighted by atomic mass is 10.2. The number of nitrogens with zero attached hydrogens (tertiary/aromatic N) is 2. The molecule has 0 aliphatic carbocycles. The van der Waals surface area contributed by atoms with E-state index in [0.717, 1.165) is 10.0 Å². The smallest absolute Gasteiger partial charge is 0.363 e. The average Bonchev–Trinajstić information content (AvgIpc) is 2.84. The van der Waals surface area contributed by atoms with E-state index in [1.807, 2.05) is 30.3 Å². The van der Waals surface area contributed by atoms with Crippen molar-refractivity contribution in [2.75, 3.05) is 0 Å². The molecule has 3 rings (SSSR count). The molecule has 0 amide bonds. The summed E-state index contributed by atoms with van der Waals surface area (Å²) in [5, 5.41) is 0. The number of carbonyl (C=O) groups is 1. The van der Waals surface area contributed by atoms with Gasteiger partial charge in [-0.1, -0.05) is 40.2 Å². The van der Waals surface area contributed by atoms with E-state index in [4.69, 9.17) is 4.74 Å². The molecule has 0 bridgehead atoms. The second kappa shape index (κ2) is 5.38. The molecule has 1 aliphatic heterocycles. The molecule has 98 valence electrons. The summed E-state index contributed by atoms with van der Waals surface area (Å²) in [5.74, 6) is -0.240. The van der Waals surface area contributed by atoms with Crippen molar-refractivity contribution in [2.24, 2.45) is 4.99 Å². The number of aliphatic imine (C=N–C) groups is 1. The minimum Gasteiger partial charge on any atom is -0.400 e. The van der Waals surface area contributed by atoms with Crippen molar-refractivity contribution >= 4 is 33.9 Å². The van der Waals surface area contributed by atoms with E-state index in [0.29, 0.717) is 5.69 Å². The topological polar surface area (TPSA) is 51.5 Å². The molecule has 0 saturated carbocycles. The summed E-state index contributed by atoms with van der Waals surface area (Å²) >= 11 is 3.43. The maximum atomic E-state index is 11.8. The number of halogens is 1. The second-order valence-electron chi connectivity index (χ2n) is 4.07. The normalized spacial score (nSPS) is 16.1. The van der Waals surface area contributed by atoms with Crippen LogP contribution >= 0.6 is 15.9 Å². The van der Waals surface area contributed by atoms with Crippen LogP contribution < -0.4 is 0 Å². The van der Waals surface area contributed by atoms with Gasteiger partial charge in [-0.3, -0.25) is 4.98 Å². The number of ether oxygens (including phenoxy) is 1. The lowest BCUT2D eigenvalue weighted by Crippen LogP contribution is -2.06. The molecule has 0 saturated heterocycles. The van der Waals surface area contributed by atoms with E-state index >= 15 is 0 Å². The zero-order valence-corrected chi connectivity index (χ0v) is 11.9. The van der Waals surface area contributed by atoms with Gasteiger partial charge in [0.05, 0.1) is 0 Å². The molecule has 0 fully saturated rings. The van der Waals surface area contributed by atoms with Gasteiger partial charge in [0, 0.05) is 10.7 Å². The Kier molecular flexibility index (Phi) is 3.43. The van der Waals surface area contributed by atoms with Crippen molar-refractivity contribution < 1.29 is 9.53 Å². The van der Waals surface area contributed by atoms with Gasteiger partial charge in [0.15, 0.2) is 5.70 Å². The lowest BCUT2D eigenvalue weighted by Gasteiger charge is -1.97. The highest BCUT2D eigenvalue weighted by Crippen LogP contribution is 2.22. The van der Waals surface area contributed by atoms with Crippen molar-refractivity contribution in [3.05, 3.63) is 70.1 Å². The maximum absolute atomic E-state index is 11.8. The summed E-state index contributed by atoms with van der Waals surface area (Å²) in [6, 6.07) is 12.9. The van der Waals surface area contributed by atoms with E-state index < -0.39 is 5.97 Å². The van der Waals surface area contributed by atoms with Crippen LogP contribution in [0, 0.1) is 0 Å². The molecule has 0 N–H and O–H groups in total. The van der Waals surface area contributed by atoms with Crippen LogP contribution in [0.1, 0.15) is 11.3 Å². The Bertz CT molecular complexity index is 724. The van der Waals surface area contributed by atoms with E-state index in [-0.39, 0.29) is 11.6 Å². The first kappa shape index (κ1) is 12.7. The van der Waals surface area contributed by atoms with Crippen LogP contribution in [-0.4, -0.2) is 16.9 Å². The Morgan fingerprint density at radius 1 is 1.10 bits per heavy atom. The Morgan fingerprint density at radius 2 is 1.90 bits per heavy atom. The van der Waals surface area contributed by atoms with Crippen molar-refractivity contribution in [2.45, 2.75) is 0 Å². The molecule has 5 heteroatoms. The Labute approximate surface area is 124 Å². The molecular weight excluding hydrogens is 320 g/mol. The summed E-state index contributed by atoms with van der Waals surface area (Å²) in [6.07, 6.45) is 3.31. The SMILES string of the molecule is O=C1OC(c2ccccn2)=N/C1=C\c1ccccc1Br. The van der Waals surface area contributed by atoms with Crippen LogP contribution in [0.5, 0.6) is 0 Å². The largest absolute Gasteiger partial charge is 0.400 e. The third kappa shape index (κ3) is 2.53. The number of esters is 1. The molecule has 0 atom stereocenters. The molecule has 0 spiro atoms. The monoisotopic (exact) mass is 328 g/mol. The third-order valence-corrected chi connectivity index (χ3v) is 3.42. The van der Waals surface area contributed by atoms with Gasteiger partial charge in [0.1, 0.15) is 5.69 Å². The molecule has 1 aromatic carbocycles. The Balaban J connectivity index is 1.97. The number of hydrogen-bond acceptors (Lipinski definition) is 4. The van der Waals surface area contributed by atoms with Crippen molar-refractivity contribution in [3.63, 3.8) is 0 Å². The molecule has 20 heavy (non-hydrogen) atoms. The molecule has 0 radical (unpaired) electrons. The predicted molar refractivity (Wildman–Crippen MR) is 79.0 cm³/mol. The fraction of sp³-hybridized carbons (Fsp3) is 0. The van der Waals surface area contributed by atoms with Gasteiger partial charge in [-0.2, -0.15) is 0 Å². The summed E-state index contributed by atoms with van der Waals surface area (Å²) in [4.78, 5) is 20.1. The number of benzene rings is 1. The maximum Gasteiger partial charge on any atom is 0.363 e. The van der Waals surface area contributed by atoms with Crippen LogP contribution in [-0.2, 0) is 9.53 Å². The molecular formula is C15H9BrN2O2. The summed E-state index contributed by atoms with van der Waals surface area (Å²) in [5.41, 5.74) is 1.67. The van der Waals surface area contributed by atoms with Gasteiger partial charge < -0.3 is 4.74 Å². The lowest BCUT2D eigenvalue weighted by molar-refractivity contribution is -0.129. The van der Waals surface area contributed by atoms with Gasteiger partial charge in [-0.25, -0.2) is 9.79 Å². The molecule has 4 nitrogen and oxygen atoms in total. The number of rotatable bonds is 2. The molecule has 1 aromatic heterocycles. The Morgan fingerprint density at radius 3 is 2.65 bits per heavy atom. The van der Waals surface area contributed by atoms with Gasteiger partial charge in [0.2, 0.25) is 5.90 Å². The first-order chi connectivity index (χ1) is 9.74. The van der Waals surface area contributed by atoms with Crippen molar-refractivity contribution in [3.8, 4) is 0 Å². The van der Waals surface area contributed by atoms with E-state index in [1.165, 1.54) is 0 Å². The van der Waals surface area contributed by atoms with Crippen molar-refractivity contribution in [1.29, 1.82) is 0 Å². The number of cyclic esters (lactones) is 1. The fourth-order valence-corrected chi connectivity index (χ4v) is 2.15. The molecule has 0 unspecified atom stereocenters. The van der Waals surface area contributed by atoms with Crippen molar-refractivity contribution in [1.82, 2.24) is 4.98 Å². The first-order valence-electron chi connectivity index (χ1n) is 5.92. The third-order valence-electron chi connectivity index (χ3n) is 2.70. The second-order valence-corrected chi connectivity index (χ2v) is 4.93. The molecule has 1 aliphatic rings. The van der Waals surface area contributed by atoms with Gasteiger partial charge >= 0.3 is 5.97 Å². The first-order valence-corrected chi connectivity index (χ1v) is 6.72. The average molecular weight is 329 g/mol. The van der Waals surface area contributed by atoms with Crippen LogP contribution in [0.15, 0.2) is 63.8 Å². The number of aromatic nitrogens is 1. The Hall–Kier alpha value is -2.27. The van der Waals surface area contributed by atoms with Crippen LogP contribution in [0.2, 0.25) is 0 Å². The highest BCUT2D eigenvalue weighted by Gasteiger charge is 2.24. The summed E-state index contributed by atoms with van der Waals surface area (Å²) in [6.45, 7) is 0. The number of carbonyl (C=O) groups excluding carboxylic acids is 1. The fourth-order valence-electron chi connectivity index (χ4n) is 1.75. The van der Waals surface area contributed by atoms with E-state index in [9.17, 15) is 4.79 Å². The molecule has 2 heterocycles. The number of hydrogen-bond donors (Lipinski definition) is 0. The quantitative estimate of drug-likeness (QED) is 0.628. The van der Waals surface area contributed by atoms with Crippen LogP contribution in [0.25, 0.3) is 6.08 Å². The standard InChI is InChI=1S/C15H9BrN2O2/c16-11-6-2-1-5-10(11)9-13-15(19)20-14(18-13)12-7-3-4-8-17-12/h1-9H/b13-9-. The zero-order chi connectivity index (χ0) is 13.9. The minimum atomic E-state index is -0.471. The summed E-state index contributed by atoms with van der Waals surface area (Å²) in [7, 11) is 0. The zero-order valence-electron chi connectivity index (χ0n) is 10.3. The van der Waals surface area contributed by atoms with E-state index in [1.54, 1.807) is 24.4 Å². The van der Waals surface area contributed by atoms with Gasteiger partial charge in [0.25, 0.3) is 0 Å². The van der Waals surface area contributed by atoms with Crippen LogP contribution in [0.4, 0.5) is 0 Å². The van der Waals surface area contributed by atoms with Gasteiger partial charge in [-0.05, 0) is 29.8 Å². The van der Waals surface area contributed by atoms with E-state index in [2.05, 4.69) is 25.9 Å². The van der Waals surface area contributed by atoms with Crippen LogP contribution in [0.3, 0.4) is 0 Å². The molecule has 2 aromatic rings.